The lowest BCUT2D eigenvalue weighted by Crippen LogP contribution is -2.79. The molecule has 148 valence electrons. The van der Waals surface area contributed by atoms with Gasteiger partial charge >= 0.3 is 41.9 Å². The molecular formula is C9H2F14O2. The summed E-state index contributed by atoms with van der Waals surface area (Å²) in [7, 11) is 0. The van der Waals surface area contributed by atoms with E-state index in [1.54, 1.807) is 0 Å². The van der Waals surface area contributed by atoms with Gasteiger partial charge in [0.2, 0.25) is 5.83 Å². The average Bonchev–Trinajstić information content (AvgIpc) is 2.37. The summed E-state index contributed by atoms with van der Waals surface area (Å²) in [6, 6.07) is 0. The minimum Gasteiger partial charge on any atom is -0.430 e. The third-order valence-corrected chi connectivity index (χ3v) is 2.51. The SMILES string of the molecule is [2H]C=C(F)C(=O)OC(C(F)(F)F)(C(F)(F)F)C(F)(C(F)(F)F)C(F)(F)F. The number of hydrogen-bond acceptors (Lipinski definition) is 2. The van der Waals surface area contributed by atoms with E-state index < -0.39 is 54.3 Å². The zero-order valence-corrected chi connectivity index (χ0v) is 10.7. The van der Waals surface area contributed by atoms with E-state index in [0.717, 1.165) is 0 Å². The zero-order chi connectivity index (χ0) is 21.6. The maximum absolute atomic E-state index is 13.7. The summed E-state index contributed by atoms with van der Waals surface area (Å²) in [4.78, 5) is 10.7. The highest BCUT2D eigenvalue weighted by molar-refractivity contribution is 5.85. The van der Waals surface area contributed by atoms with Gasteiger partial charge in [-0.05, 0) is 0 Å². The fourth-order valence-corrected chi connectivity index (χ4v) is 1.49. The summed E-state index contributed by atoms with van der Waals surface area (Å²) in [6.45, 7) is -0.999. The molecule has 0 N–H and O–H groups in total. The molecule has 0 amide bonds. The van der Waals surface area contributed by atoms with Crippen molar-refractivity contribution in [1.82, 2.24) is 0 Å². The van der Waals surface area contributed by atoms with Gasteiger partial charge in [-0.25, -0.2) is 9.18 Å². The molecule has 0 aliphatic carbocycles. The van der Waals surface area contributed by atoms with Crippen LogP contribution in [-0.4, -0.2) is 41.9 Å². The zero-order valence-electron chi connectivity index (χ0n) is 11.7. The van der Waals surface area contributed by atoms with Crippen LogP contribution in [0.3, 0.4) is 0 Å². The molecule has 0 aliphatic rings. The summed E-state index contributed by atoms with van der Waals surface area (Å²) < 4.78 is 185. The average molecular weight is 409 g/mol. The van der Waals surface area contributed by atoms with Crippen molar-refractivity contribution < 1.29 is 72.4 Å². The number of carbonyl (C=O) groups excluding carboxylic acids is 1. The van der Waals surface area contributed by atoms with Crippen molar-refractivity contribution >= 4 is 5.97 Å². The van der Waals surface area contributed by atoms with Crippen molar-refractivity contribution in [2.75, 3.05) is 0 Å². The molecule has 16 heteroatoms. The molecular weight excluding hydrogens is 406 g/mol. The van der Waals surface area contributed by atoms with Crippen LogP contribution in [-0.2, 0) is 9.53 Å². The molecule has 0 heterocycles. The molecule has 0 fully saturated rings. The number of hydrogen-bond donors (Lipinski definition) is 0. The number of carbonyl (C=O) groups is 1. The van der Waals surface area contributed by atoms with Crippen LogP contribution in [0.15, 0.2) is 12.4 Å². The van der Waals surface area contributed by atoms with Gasteiger partial charge in [0, 0.05) is 0 Å². The van der Waals surface area contributed by atoms with E-state index in [-0.39, 0.29) is 0 Å². The van der Waals surface area contributed by atoms with Crippen LogP contribution in [0.5, 0.6) is 0 Å². The van der Waals surface area contributed by atoms with Crippen LogP contribution in [0, 0.1) is 0 Å². The number of alkyl halides is 13. The van der Waals surface area contributed by atoms with E-state index in [1.165, 1.54) is 0 Å². The Bertz CT molecular complexity index is 537. The molecule has 0 saturated carbocycles. The lowest BCUT2D eigenvalue weighted by atomic mass is 9.80. The molecule has 0 atom stereocenters. The van der Waals surface area contributed by atoms with Gasteiger partial charge in [-0.3, -0.25) is 0 Å². The lowest BCUT2D eigenvalue weighted by molar-refractivity contribution is -0.478. The second-order valence-electron chi connectivity index (χ2n) is 4.07. The van der Waals surface area contributed by atoms with Gasteiger partial charge in [0.25, 0.3) is 0 Å². The summed E-state index contributed by atoms with van der Waals surface area (Å²) in [5.74, 6) is -6.82. The highest BCUT2D eigenvalue weighted by atomic mass is 19.4. The van der Waals surface area contributed by atoms with Gasteiger partial charge in [0.1, 0.15) is 0 Å². The Balaban J connectivity index is 7.30. The highest BCUT2D eigenvalue weighted by Gasteiger charge is 2.97. The Hall–Kier alpha value is -1.77. The van der Waals surface area contributed by atoms with Crippen LogP contribution in [0.1, 0.15) is 1.37 Å². The quantitative estimate of drug-likeness (QED) is 0.384. The molecule has 2 nitrogen and oxygen atoms in total. The van der Waals surface area contributed by atoms with Crippen LogP contribution < -0.4 is 0 Å². The van der Waals surface area contributed by atoms with E-state index in [2.05, 4.69) is 4.74 Å². The number of rotatable bonds is 3. The monoisotopic (exact) mass is 409 g/mol. The van der Waals surface area contributed by atoms with Gasteiger partial charge in [-0.1, -0.05) is 6.55 Å². The maximum atomic E-state index is 13.7. The Kier molecular flexibility index (Phi) is 5.02. The molecule has 25 heavy (non-hydrogen) atoms. The van der Waals surface area contributed by atoms with E-state index >= 15 is 0 Å². The predicted molar refractivity (Wildman–Crippen MR) is 47.1 cm³/mol. The van der Waals surface area contributed by atoms with Gasteiger partial charge in [-0.15, -0.1) is 0 Å². The van der Waals surface area contributed by atoms with Crippen LogP contribution in [0.4, 0.5) is 61.5 Å². The maximum Gasteiger partial charge on any atom is 0.441 e. The Morgan fingerprint density at radius 1 is 0.720 bits per heavy atom. The van der Waals surface area contributed by atoms with E-state index in [9.17, 15) is 66.3 Å². The smallest absolute Gasteiger partial charge is 0.430 e. The summed E-state index contributed by atoms with van der Waals surface area (Å²) in [5.41, 5.74) is -16.2. The predicted octanol–water partition coefficient (Wildman–Crippen LogP) is 4.71. The van der Waals surface area contributed by atoms with Crippen molar-refractivity contribution in [3.63, 3.8) is 0 Å². The number of halogens is 14. The Morgan fingerprint density at radius 2 is 1.04 bits per heavy atom. The van der Waals surface area contributed by atoms with Gasteiger partial charge in [0.15, 0.2) is 0 Å². The highest BCUT2D eigenvalue weighted by Crippen LogP contribution is 2.63. The minimum absolute atomic E-state index is 0.999. The van der Waals surface area contributed by atoms with Crippen molar-refractivity contribution in [2.24, 2.45) is 0 Å². The summed E-state index contributed by atoms with van der Waals surface area (Å²) >= 11 is 0. The van der Waals surface area contributed by atoms with Crippen LogP contribution >= 0.6 is 0 Å². The van der Waals surface area contributed by atoms with E-state index in [0.29, 0.717) is 0 Å². The van der Waals surface area contributed by atoms with Gasteiger partial charge in [0.05, 0.1) is 1.37 Å². The van der Waals surface area contributed by atoms with Gasteiger partial charge < -0.3 is 4.74 Å². The van der Waals surface area contributed by atoms with Crippen molar-refractivity contribution in [2.45, 2.75) is 36.0 Å². The Morgan fingerprint density at radius 3 is 1.24 bits per heavy atom. The molecule has 0 aromatic carbocycles. The number of esters is 1. The summed E-state index contributed by atoms with van der Waals surface area (Å²) in [5, 5.41) is 0. The molecule has 0 bridgehead atoms. The first-order valence-corrected chi connectivity index (χ1v) is 5.05. The second-order valence-corrected chi connectivity index (χ2v) is 4.07. The topological polar surface area (TPSA) is 26.3 Å². The second kappa shape index (κ2) is 5.89. The first kappa shape index (κ1) is 21.3. The van der Waals surface area contributed by atoms with Gasteiger partial charge in [-0.2, -0.15) is 57.1 Å². The van der Waals surface area contributed by atoms with E-state index in [4.69, 9.17) is 1.37 Å². The van der Waals surface area contributed by atoms with Crippen molar-refractivity contribution in [3.8, 4) is 0 Å². The third-order valence-electron chi connectivity index (χ3n) is 2.51. The minimum atomic E-state index is -8.28. The molecule has 0 unspecified atom stereocenters. The summed E-state index contributed by atoms with van der Waals surface area (Å²) in [6.07, 6.45) is -31.8. The molecule has 0 aliphatic heterocycles. The largest absolute Gasteiger partial charge is 0.441 e. The fraction of sp³-hybridized carbons (Fsp3) is 0.667. The molecule has 0 saturated heterocycles. The molecule has 0 spiro atoms. The molecule has 0 aromatic rings. The standard InChI is InChI=1S/C9H2F14O2/c1-2(10)3(24)25-5(8(18,19)20,9(21,22)23)4(11,6(12,13)14)7(15,16)17/h1H2/i1D. The first-order chi connectivity index (χ1) is 11.1. The van der Waals surface area contributed by atoms with Crippen molar-refractivity contribution in [3.05, 3.63) is 12.4 Å². The van der Waals surface area contributed by atoms with Crippen LogP contribution in [0.2, 0.25) is 0 Å². The first-order valence-electron chi connectivity index (χ1n) is 5.62. The molecule has 0 rings (SSSR count). The normalized spacial score (nSPS) is 16.6. The van der Waals surface area contributed by atoms with Crippen LogP contribution in [0.25, 0.3) is 0 Å². The molecule has 0 radical (unpaired) electrons. The molecule has 0 aromatic heterocycles. The van der Waals surface area contributed by atoms with E-state index in [1.807, 2.05) is 0 Å². The third kappa shape index (κ3) is 3.33. The Labute approximate surface area is 128 Å². The fourth-order valence-electron chi connectivity index (χ4n) is 1.49. The lowest BCUT2D eigenvalue weighted by Gasteiger charge is -2.46. The van der Waals surface area contributed by atoms with Crippen molar-refractivity contribution in [1.29, 1.82) is 0 Å². The number of ether oxygens (including phenoxy) is 1.